The maximum absolute atomic E-state index is 9.11. The Kier molecular flexibility index (Phi) is 4.95. The molecule has 0 saturated carbocycles. The average Bonchev–Trinajstić information content (AvgIpc) is 2.99. The van der Waals surface area contributed by atoms with Gasteiger partial charge >= 0.3 is 0 Å². The van der Waals surface area contributed by atoms with Gasteiger partial charge in [0.25, 0.3) is 0 Å². The summed E-state index contributed by atoms with van der Waals surface area (Å²) in [5.74, 6) is 0. The number of hydrogen-bond acceptors (Lipinski definition) is 3. The highest BCUT2D eigenvalue weighted by atomic mass is 127. The third-order valence-electron chi connectivity index (χ3n) is 3.95. The lowest BCUT2D eigenvalue weighted by Gasteiger charge is -2.16. The van der Waals surface area contributed by atoms with Gasteiger partial charge in [0, 0.05) is 51.9 Å². The maximum Gasteiger partial charge on any atom is 0.190 e. The lowest BCUT2D eigenvalue weighted by molar-refractivity contribution is 0.843. The fourth-order valence-corrected chi connectivity index (χ4v) is 3.14. The molecule has 0 spiro atoms. The molecule has 4 nitrogen and oxygen atoms in total. The Hall–Kier alpha value is -2.20. The molecule has 0 aliphatic rings. The molecule has 1 aromatic carbocycles. The third kappa shape index (κ3) is 3.20. The van der Waals surface area contributed by atoms with E-state index in [4.69, 9.17) is 5.26 Å². The average molecular weight is 428 g/mol. The number of hydrogen-bond donors (Lipinski definition) is 0. The van der Waals surface area contributed by atoms with Crippen molar-refractivity contribution < 1.29 is 0 Å². The van der Waals surface area contributed by atoms with Gasteiger partial charge in [-0.3, -0.25) is 0 Å². The third-order valence-corrected chi connectivity index (χ3v) is 4.51. The van der Waals surface area contributed by atoms with Crippen LogP contribution in [0.15, 0.2) is 42.7 Å². The second kappa shape index (κ2) is 7.14. The summed E-state index contributed by atoms with van der Waals surface area (Å²) < 4.78 is 2.99. The maximum atomic E-state index is 9.11. The van der Waals surface area contributed by atoms with E-state index in [0.717, 1.165) is 39.2 Å². The van der Waals surface area contributed by atoms with Gasteiger partial charge in [0.05, 0.1) is 17.3 Å². The number of rotatable bonds is 4. The molecule has 0 fully saturated rings. The van der Waals surface area contributed by atoms with Gasteiger partial charge in [0.2, 0.25) is 0 Å². The molecule has 0 aliphatic heterocycles. The number of benzene rings is 1. The lowest BCUT2D eigenvalue weighted by atomic mass is 10.1. The van der Waals surface area contributed by atoms with Crippen LogP contribution in [0, 0.1) is 22.1 Å². The number of nitrogens with zero attached hydrogens (tertiary/aromatic N) is 4. The van der Waals surface area contributed by atoms with Gasteiger partial charge in [0.1, 0.15) is 0 Å². The van der Waals surface area contributed by atoms with Crippen LogP contribution in [0.1, 0.15) is 30.2 Å². The zero-order valence-electron chi connectivity index (χ0n) is 13.6. The molecule has 2 aromatic heterocycles. The van der Waals surface area contributed by atoms with Crippen LogP contribution in [0.2, 0.25) is 0 Å². The van der Waals surface area contributed by atoms with Crippen LogP contribution in [0.5, 0.6) is 0 Å². The van der Waals surface area contributed by atoms with Gasteiger partial charge in [-0.15, -0.1) is 0 Å². The van der Waals surface area contributed by atoms with Crippen LogP contribution in [0.3, 0.4) is 0 Å². The van der Waals surface area contributed by atoms with E-state index in [-0.39, 0.29) is 0 Å². The van der Waals surface area contributed by atoms with Gasteiger partial charge in [-0.05, 0) is 49.2 Å². The quantitative estimate of drug-likeness (QED) is 0.448. The molecule has 120 valence electrons. The van der Waals surface area contributed by atoms with Crippen LogP contribution < -0.4 is 0 Å². The van der Waals surface area contributed by atoms with Crippen molar-refractivity contribution in [2.75, 3.05) is 0 Å². The first-order valence-electron chi connectivity index (χ1n) is 7.83. The van der Waals surface area contributed by atoms with Crippen LogP contribution in [0.4, 0.5) is 0 Å². The summed E-state index contributed by atoms with van der Waals surface area (Å²) in [6.07, 6.45) is 5.78. The molecule has 0 atom stereocenters. The van der Waals surface area contributed by atoms with Gasteiger partial charge in [-0.25, -0.2) is 9.97 Å². The smallest absolute Gasteiger partial charge is 0.190 e. The summed E-state index contributed by atoms with van der Waals surface area (Å²) in [4.78, 5) is 8.63. The Morgan fingerprint density at radius 1 is 1.17 bits per heavy atom. The molecule has 0 bridgehead atoms. The minimum Gasteiger partial charge on any atom is -0.313 e. The summed E-state index contributed by atoms with van der Waals surface area (Å²) in [6.45, 7) is 4.22. The molecule has 24 heavy (non-hydrogen) atoms. The summed E-state index contributed by atoms with van der Waals surface area (Å²) in [6, 6.07) is 12.3. The number of halogens is 1. The van der Waals surface area contributed by atoms with Gasteiger partial charge in [-0.2, -0.15) is 5.26 Å². The largest absolute Gasteiger partial charge is 0.313 e. The zero-order chi connectivity index (χ0) is 17.1. The minimum atomic E-state index is 0.680. The van der Waals surface area contributed by atoms with Gasteiger partial charge in [-0.1, -0.05) is 13.3 Å². The fraction of sp³-hybridized carbons (Fsp3) is 0.211. The van der Waals surface area contributed by atoms with E-state index in [9.17, 15) is 0 Å². The molecule has 0 N–H and O–H groups in total. The highest BCUT2D eigenvalue weighted by Gasteiger charge is 2.14. The second-order valence-electron chi connectivity index (χ2n) is 5.65. The minimum absolute atomic E-state index is 0.680. The Morgan fingerprint density at radius 2 is 1.92 bits per heavy atom. The normalized spacial score (nSPS) is 10.6. The van der Waals surface area contributed by atoms with Crippen molar-refractivity contribution in [2.45, 2.75) is 26.7 Å². The monoisotopic (exact) mass is 428 g/mol. The van der Waals surface area contributed by atoms with Crippen molar-refractivity contribution in [3.05, 3.63) is 63.4 Å². The van der Waals surface area contributed by atoms with E-state index in [1.54, 1.807) is 0 Å². The Labute approximate surface area is 155 Å². The molecule has 3 rings (SSSR count). The first-order valence-corrected chi connectivity index (χ1v) is 8.91. The first-order chi connectivity index (χ1) is 11.6. The highest BCUT2D eigenvalue weighted by Crippen LogP contribution is 2.29. The van der Waals surface area contributed by atoms with Crippen LogP contribution in [0.25, 0.3) is 16.9 Å². The molecule has 0 saturated heterocycles. The zero-order valence-corrected chi connectivity index (χ0v) is 15.8. The Morgan fingerprint density at radius 3 is 2.54 bits per heavy atom. The van der Waals surface area contributed by atoms with Crippen LogP contribution in [-0.2, 0) is 6.42 Å². The van der Waals surface area contributed by atoms with E-state index in [0.29, 0.717) is 5.56 Å². The molecule has 2 heterocycles. The summed E-state index contributed by atoms with van der Waals surface area (Å²) >= 11 is 2.11. The van der Waals surface area contributed by atoms with E-state index >= 15 is 0 Å². The molecule has 0 aliphatic carbocycles. The molecule has 0 radical (unpaired) electrons. The van der Waals surface area contributed by atoms with Gasteiger partial charge in [0.15, 0.2) is 3.83 Å². The summed E-state index contributed by atoms with van der Waals surface area (Å²) in [7, 11) is 0. The molecular formula is C19H17IN4. The molecular weight excluding hydrogens is 411 g/mol. The van der Waals surface area contributed by atoms with Crippen molar-refractivity contribution in [3.63, 3.8) is 0 Å². The highest BCUT2D eigenvalue weighted by molar-refractivity contribution is 14.1. The van der Waals surface area contributed by atoms with Crippen LogP contribution >= 0.6 is 22.6 Å². The number of aromatic nitrogens is 3. The van der Waals surface area contributed by atoms with Gasteiger partial charge < -0.3 is 4.57 Å². The fourth-order valence-electron chi connectivity index (χ4n) is 2.86. The standard InChI is InChI=1S/C19H17IN4/c1-3-4-16-6-8-18(15-11-22-19(20)23-12-15)24(16)17-7-5-14(10-21)9-13(17)2/h5-9,11-12H,3-4H2,1-2H3. The van der Waals surface area contributed by atoms with E-state index < -0.39 is 0 Å². The van der Waals surface area contributed by atoms with E-state index in [1.165, 1.54) is 5.69 Å². The van der Waals surface area contributed by atoms with E-state index in [1.807, 2.05) is 37.5 Å². The second-order valence-corrected chi connectivity index (χ2v) is 6.61. The Bertz CT molecular complexity index is 904. The molecule has 5 heteroatoms. The number of nitriles is 1. The molecule has 0 unspecified atom stereocenters. The summed E-state index contributed by atoms with van der Waals surface area (Å²) in [5, 5.41) is 9.11. The predicted molar refractivity (Wildman–Crippen MR) is 103 cm³/mol. The topological polar surface area (TPSA) is 54.5 Å². The SMILES string of the molecule is CCCc1ccc(-c2cnc(I)nc2)n1-c1ccc(C#N)cc1C. The van der Waals surface area contributed by atoms with Crippen molar-refractivity contribution in [2.24, 2.45) is 0 Å². The Balaban J connectivity index is 2.20. The molecule has 0 amide bonds. The van der Waals surface area contributed by atoms with Crippen molar-refractivity contribution in [1.82, 2.24) is 14.5 Å². The molecule has 3 aromatic rings. The van der Waals surface area contributed by atoms with Crippen molar-refractivity contribution in [1.29, 1.82) is 5.26 Å². The van der Waals surface area contributed by atoms with Crippen LogP contribution in [-0.4, -0.2) is 14.5 Å². The van der Waals surface area contributed by atoms with E-state index in [2.05, 4.69) is 62.3 Å². The van der Waals surface area contributed by atoms with Crippen molar-refractivity contribution >= 4 is 22.6 Å². The summed E-state index contributed by atoms with van der Waals surface area (Å²) in [5.41, 5.74) is 6.16. The first kappa shape index (κ1) is 16.7. The van der Waals surface area contributed by atoms with Crippen molar-refractivity contribution in [3.8, 4) is 23.0 Å². The lowest BCUT2D eigenvalue weighted by Crippen LogP contribution is -2.05. The predicted octanol–water partition coefficient (Wildman–Crippen LogP) is 4.67. The number of aryl methyl sites for hydroxylation is 2.